The van der Waals surface area contributed by atoms with Crippen LogP contribution in [0.4, 0.5) is 22.0 Å². The van der Waals surface area contributed by atoms with Crippen molar-refractivity contribution in [1.82, 2.24) is 5.32 Å². The number of halogens is 5. The summed E-state index contributed by atoms with van der Waals surface area (Å²) in [5.74, 6) is -12.3. The van der Waals surface area contributed by atoms with E-state index in [1.165, 1.54) is 14.2 Å². The van der Waals surface area contributed by atoms with Gasteiger partial charge in [-0.1, -0.05) is 0 Å². The van der Waals surface area contributed by atoms with Crippen molar-refractivity contribution in [2.24, 2.45) is 0 Å². The van der Waals surface area contributed by atoms with E-state index in [2.05, 4.69) is 5.32 Å². The standard InChI is InChI=1S/C15H20F5NO4Si/c1-8(25-26(23-2)24-3)6-4-5-7-21-15(22)9-10(16)12(18)14(20)13(19)11(9)17/h8,26H,4-7H2,1-3H3,(H,21,22). The van der Waals surface area contributed by atoms with E-state index in [1.807, 2.05) is 6.92 Å². The molecule has 1 aromatic rings. The molecule has 0 bridgehead atoms. The van der Waals surface area contributed by atoms with E-state index in [-0.39, 0.29) is 12.6 Å². The summed E-state index contributed by atoms with van der Waals surface area (Å²) in [5, 5.41) is 2.14. The van der Waals surface area contributed by atoms with Crippen LogP contribution in [0.5, 0.6) is 0 Å². The lowest BCUT2D eigenvalue weighted by atomic mass is 10.1. The molecule has 0 aliphatic rings. The van der Waals surface area contributed by atoms with Gasteiger partial charge in [-0.3, -0.25) is 4.79 Å². The molecule has 1 unspecified atom stereocenters. The maximum absolute atomic E-state index is 13.5. The van der Waals surface area contributed by atoms with Gasteiger partial charge in [0, 0.05) is 26.9 Å². The van der Waals surface area contributed by atoms with Crippen molar-refractivity contribution >= 4 is 15.4 Å². The highest BCUT2D eigenvalue weighted by atomic mass is 28.3. The van der Waals surface area contributed by atoms with Crippen LogP contribution in [-0.4, -0.2) is 42.3 Å². The number of nitrogens with one attached hydrogen (secondary N) is 1. The van der Waals surface area contributed by atoms with E-state index in [1.54, 1.807) is 0 Å². The highest BCUT2D eigenvalue weighted by Crippen LogP contribution is 2.22. The van der Waals surface area contributed by atoms with E-state index >= 15 is 0 Å². The van der Waals surface area contributed by atoms with Gasteiger partial charge in [0.15, 0.2) is 23.3 Å². The fourth-order valence-electron chi connectivity index (χ4n) is 2.12. The van der Waals surface area contributed by atoms with Crippen LogP contribution in [0.15, 0.2) is 0 Å². The maximum Gasteiger partial charge on any atom is 0.483 e. The fourth-order valence-corrected chi connectivity index (χ4v) is 3.05. The fraction of sp³-hybridized carbons (Fsp3) is 0.533. The Morgan fingerprint density at radius 3 is 1.96 bits per heavy atom. The monoisotopic (exact) mass is 401 g/mol. The molecular formula is C15H20F5NO4Si. The summed E-state index contributed by atoms with van der Waals surface area (Å²) < 4.78 is 81.6. The molecule has 0 aliphatic carbocycles. The molecule has 1 amide bonds. The lowest BCUT2D eigenvalue weighted by Gasteiger charge is -2.17. The molecule has 0 saturated carbocycles. The van der Waals surface area contributed by atoms with Crippen LogP contribution in [0.2, 0.25) is 0 Å². The van der Waals surface area contributed by atoms with Crippen LogP contribution in [0.1, 0.15) is 36.5 Å². The average Bonchev–Trinajstić information content (AvgIpc) is 2.62. The first-order valence-corrected chi connectivity index (χ1v) is 9.16. The molecule has 26 heavy (non-hydrogen) atoms. The second-order valence-electron chi connectivity index (χ2n) is 5.40. The molecule has 0 spiro atoms. The highest BCUT2D eigenvalue weighted by molar-refractivity contribution is 6.36. The van der Waals surface area contributed by atoms with Crippen molar-refractivity contribution < 1.29 is 40.0 Å². The van der Waals surface area contributed by atoms with Crippen molar-refractivity contribution in [3.8, 4) is 0 Å². The van der Waals surface area contributed by atoms with Crippen molar-refractivity contribution in [1.29, 1.82) is 0 Å². The molecule has 11 heteroatoms. The Morgan fingerprint density at radius 1 is 0.962 bits per heavy atom. The van der Waals surface area contributed by atoms with E-state index in [4.69, 9.17) is 13.3 Å². The third kappa shape index (κ3) is 5.73. The summed E-state index contributed by atoms with van der Waals surface area (Å²) in [6, 6.07) is 0. The smallest absolute Gasteiger partial charge is 0.379 e. The number of carbonyl (C=O) groups is 1. The Kier molecular flexibility index (Phi) is 9.12. The number of unbranched alkanes of at least 4 members (excludes halogenated alkanes) is 1. The van der Waals surface area contributed by atoms with Gasteiger partial charge < -0.3 is 18.6 Å². The van der Waals surface area contributed by atoms with Gasteiger partial charge in [0.25, 0.3) is 5.91 Å². The predicted octanol–water partition coefficient (Wildman–Crippen LogP) is 2.70. The van der Waals surface area contributed by atoms with Crippen molar-refractivity contribution in [3.63, 3.8) is 0 Å². The van der Waals surface area contributed by atoms with Gasteiger partial charge in [-0.15, -0.1) is 0 Å². The van der Waals surface area contributed by atoms with Crippen molar-refractivity contribution in [2.45, 2.75) is 32.3 Å². The molecule has 148 valence electrons. The van der Waals surface area contributed by atoms with E-state index < -0.39 is 50.1 Å². The number of amides is 1. The minimum Gasteiger partial charge on any atom is -0.379 e. The maximum atomic E-state index is 13.5. The summed E-state index contributed by atoms with van der Waals surface area (Å²) in [5.41, 5.74) is -1.49. The number of rotatable bonds is 10. The van der Waals surface area contributed by atoms with Crippen LogP contribution in [0.3, 0.4) is 0 Å². The zero-order valence-corrected chi connectivity index (χ0v) is 15.7. The number of hydrogen-bond acceptors (Lipinski definition) is 4. The molecule has 5 nitrogen and oxygen atoms in total. The van der Waals surface area contributed by atoms with Gasteiger partial charge >= 0.3 is 9.53 Å². The average molecular weight is 401 g/mol. The SMILES string of the molecule is CO[SiH](OC)OC(C)CCCCNC(=O)c1c(F)c(F)c(F)c(F)c1F. The summed E-state index contributed by atoms with van der Waals surface area (Å²) in [6.07, 6.45) is 1.46. The highest BCUT2D eigenvalue weighted by Gasteiger charge is 2.29. The minimum absolute atomic E-state index is 0.000457. The Hall–Kier alpha value is -1.56. The summed E-state index contributed by atoms with van der Waals surface area (Å²) >= 11 is 0. The topological polar surface area (TPSA) is 56.8 Å². The van der Waals surface area contributed by atoms with Crippen LogP contribution < -0.4 is 5.32 Å². The lowest BCUT2D eigenvalue weighted by Crippen LogP contribution is -2.29. The first-order chi connectivity index (χ1) is 12.2. The molecule has 0 aromatic heterocycles. The van der Waals surface area contributed by atoms with E-state index in [9.17, 15) is 26.7 Å². The summed E-state index contributed by atoms with van der Waals surface area (Å²) in [4.78, 5) is 11.7. The normalized spacial score (nSPS) is 12.5. The number of benzene rings is 1. The summed E-state index contributed by atoms with van der Waals surface area (Å²) in [7, 11) is 0.802. The second-order valence-corrected chi connectivity index (χ2v) is 7.20. The molecular weight excluding hydrogens is 381 g/mol. The zero-order valence-electron chi connectivity index (χ0n) is 14.5. The largest absolute Gasteiger partial charge is 0.483 e. The van der Waals surface area contributed by atoms with Gasteiger partial charge in [-0.05, 0) is 26.2 Å². The molecule has 0 heterocycles. The Morgan fingerprint density at radius 2 is 1.46 bits per heavy atom. The Labute approximate surface area is 149 Å². The second kappa shape index (κ2) is 10.6. The molecule has 1 rings (SSSR count). The molecule has 0 radical (unpaired) electrons. The molecule has 0 saturated heterocycles. The van der Waals surface area contributed by atoms with E-state index in [0.29, 0.717) is 19.3 Å². The lowest BCUT2D eigenvalue weighted by molar-refractivity contribution is 0.0891. The van der Waals surface area contributed by atoms with Gasteiger partial charge in [-0.2, -0.15) is 0 Å². The molecule has 0 fully saturated rings. The summed E-state index contributed by atoms with van der Waals surface area (Å²) in [6.45, 7) is 1.81. The molecule has 0 aliphatic heterocycles. The zero-order chi connectivity index (χ0) is 19.9. The quantitative estimate of drug-likeness (QED) is 0.215. The van der Waals surface area contributed by atoms with Gasteiger partial charge in [0.2, 0.25) is 5.82 Å². The molecule has 1 aromatic carbocycles. The van der Waals surface area contributed by atoms with E-state index in [0.717, 1.165) is 0 Å². The first kappa shape index (κ1) is 22.5. The van der Waals surface area contributed by atoms with Crippen LogP contribution in [0.25, 0.3) is 0 Å². The van der Waals surface area contributed by atoms with Gasteiger partial charge in [0.05, 0.1) is 0 Å². The molecule has 1 N–H and O–H groups in total. The Bertz CT molecular complexity index is 602. The van der Waals surface area contributed by atoms with Crippen molar-refractivity contribution in [3.05, 3.63) is 34.6 Å². The van der Waals surface area contributed by atoms with Crippen LogP contribution in [-0.2, 0) is 13.3 Å². The number of carbonyl (C=O) groups excluding carboxylic acids is 1. The van der Waals surface area contributed by atoms with Crippen molar-refractivity contribution in [2.75, 3.05) is 20.8 Å². The van der Waals surface area contributed by atoms with Crippen LogP contribution in [0, 0.1) is 29.1 Å². The minimum atomic E-state index is -2.31. The third-order valence-corrected chi connectivity index (χ3v) is 4.94. The van der Waals surface area contributed by atoms with Crippen LogP contribution >= 0.6 is 0 Å². The first-order valence-electron chi connectivity index (χ1n) is 7.75. The van der Waals surface area contributed by atoms with Gasteiger partial charge in [0.1, 0.15) is 5.56 Å². The molecule has 1 atom stereocenters. The predicted molar refractivity (Wildman–Crippen MR) is 84.1 cm³/mol. The third-order valence-electron chi connectivity index (χ3n) is 3.49. The Balaban J connectivity index is 2.49. The van der Waals surface area contributed by atoms with Gasteiger partial charge in [-0.25, -0.2) is 22.0 Å². The number of hydrogen-bond donors (Lipinski definition) is 1.